The normalized spacial score (nSPS) is 22.1. The summed E-state index contributed by atoms with van der Waals surface area (Å²) in [4.78, 5) is 14.3. The Balaban J connectivity index is 1.92. The van der Waals surface area contributed by atoms with Gasteiger partial charge in [-0.15, -0.1) is 0 Å². The molecule has 0 radical (unpaired) electrons. The summed E-state index contributed by atoms with van der Waals surface area (Å²) in [6.07, 6.45) is 3.76. The molecule has 1 aromatic heterocycles. The minimum Gasteiger partial charge on any atom is -0.339 e. The molecular weight excluding hydrogens is 182 g/mol. The molecule has 14 heavy (non-hydrogen) atoms. The molecule has 1 aromatic rings. The zero-order chi connectivity index (χ0) is 9.80. The summed E-state index contributed by atoms with van der Waals surface area (Å²) in [5.41, 5.74) is 0. The first kappa shape index (κ1) is 9.33. The van der Waals surface area contributed by atoms with Gasteiger partial charge >= 0.3 is 0 Å². The number of rotatable bonds is 3. The van der Waals surface area contributed by atoms with Crippen molar-refractivity contribution in [3.8, 4) is 0 Å². The van der Waals surface area contributed by atoms with Gasteiger partial charge in [-0.3, -0.25) is 4.79 Å². The maximum Gasteiger partial charge on any atom is 0.235 e. The molecule has 5 heteroatoms. The van der Waals surface area contributed by atoms with Gasteiger partial charge in [0, 0.05) is 6.42 Å². The van der Waals surface area contributed by atoms with Crippen LogP contribution in [0.4, 0.5) is 0 Å². The van der Waals surface area contributed by atoms with Crippen molar-refractivity contribution >= 4 is 6.29 Å². The molecule has 0 aromatic carbocycles. The van der Waals surface area contributed by atoms with E-state index in [0.717, 1.165) is 19.5 Å². The van der Waals surface area contributed by atoms with Gasteiger partial charge in [0.05, 0.1) is 0 Å². The Bertz CT molecular complexity index is 305. The predicted molar refractivity (Wildman–Crippen MR) is 49.0 cm³/mol. The van der Waals surface area contributed by atoms with Crippen LogP contribution in [0.15, 0.2) is 4.52 Å². The van der Waals surface area contributed by atoms with Crippen LogP contribution in [0.3, 0.4) is 0 Å². The van der Waals surface area contributed by atoms with Crippen LogP contribution in [-0.4, -0.2) is 29.5 Å². The molecule has 5 nitrogen and oxygen atoms in total. The van der Waals surface area contributed by atoms with Gasteiger partial charge in [-0.1, -0.05) is 5.16 Å². The maximum atomic E-state index is 10.3. The third-order valence-electron chi connectivity index (χ3n) is 2.45. The molecule has 0 aliphatic carbocycles. The number of aromatic nitrogens is 2. The van der Waals surface area contributed by atoms with Crippen molar-refractivity contribution in [3.05, 3.63) is 11.7 Å². The Morgan fingerprint density at radius 3 is 3.21 bits per heavy atom. The Morgan fingerprint density at radius 2 is 2.57 bits per heavy atom. The second-order valence-electron chi connectivity index (χ2n) is 3.58. The molecule has 1 N–H and O–H groups in total. The van der Waals surface area contributed by atoms with Crippen molar-refractivity contribution in [2.45, 2.75) is 19.3 Å². The van der Waals surface area contributed by atoms with E-state index >= 15 is 0 Å². The Labute approximate surface area is 81.9 Å². The smallest absolute Gasteiger partial charge is 0.235 e. The summed E-state index contributed by atoms with van der Waals surface area (Å²) >= 11 is 0. The van der Waals surface area contributed by atoms with Crippen LogP contribution in [0.1, 0.15) is 29.4 Å². The monoisotopic (exact) mass is 195 g/mol. The van der Waals surface area contributed by atoms with Gasteiger partial charge in [-0.05, 0) is 31.8 Å². The molecule has 2 heterocycles. The number of piperidine rings is 1. The van der Waals surface area contributed by atoms with E-state index in [1.165, 1.54) is 12.8 Å². The van der Waals surface area contributed by atoms with E-state index in [-0.39, 0.29) is 5.82 Å². The van der Waals surface area contributed by atoms with E-state index in [2.05, 4.69) is 15.5 Å². The van der Waals surface area contributed by atoms with Crippen LogP contribution in [0.2, 0.25) is 0 Å². The summed E-state index contributed by atoms with van der Waals surface area (Å²) in [6.45, 7) is 2.10. The zero-order valence-electron chi connectivity index (χ0n) is 7.90. The topological polar surface area (TPSA) is 68.0 Å². The summed E-state index contributed by atoms with van der Waals surface area (Å²) in [5.74, 6) is 1.27. The fourth-order valence-corrected chi connectivity index (χ4v) is 1.74. The number of aldehydes is 1. The molecule has 2 rings (SSSR count). The van der Waals surface area contributed by atoms with E-state index < -0.39 is 0 Å². The third-order valence-corrected chi connectivity index (χ3v) is 2.45. The second-order valence-corrected chi connectivity index (χ2v) is 3.58. The third kappa shape index (κ3) is 2.17. The molecule has 1 aliphatic heterocycles. The molecule has 1 aliphatic rings. The fourth-order valence-electron chi connectivity index (χ4n) is 1.74. The minimum absolute atomic E-state index is 0.142. The number of hydrogen-bond acceptors (Lipinski definition) is 5. The van der Waals surface area contributed by atoms with Crippen LogP contribution in [-0.2, 0) is 6.42 Å². The lowest BCUT2D eigenvalue weighted by molar-refractivity contribution is 0.111. The summed E-state index contributed by atoms with van der Waals surface area (Å²) < 4.78 is 4.94. The summed E-state index contributed by atoms with van der Waals surface area (Å²) in [5, 5.41) is 6.84. The van der Waals surface area contributed by atoms with E-state index in [0.29, 0.717) is 18.1 Å². The van der Waals surface area contributed by atoms with Crippen LogP contribution in [0.5, 0.6) is 0 Å². The molecule has 0 amide bonds. The number of carbonyl (C=O) groups excluding carboxylic acids is 1. The van der Waals surface area contributed by atoms with E-state index in [1.54, 1.807) is 0 Å². The molecule has 0 saturated carbocycles. The van der Waals surface area contributed by atoms with Crippen LogP contribution in [0, 0.1) is 5.92 Å². The first-order valence-corrected chi connectivity index (χ1v) is 4.87. The largest absolute Gasteiger partial charge is 0.339 e. The second kappa shape index (κ2) is 4.32. The van der Waals surface area contributed by atoms with Crippen molar-refractivity contribution in [3.63, 3.8) is 0 Å². The van der Waals surface area contributed by atoms with Gasteiger partial charge in [-0.2, -0.15) is 4.98 Å². The number of hydrogen-bond donors (Lipinski definition) is 1. The van der Waals surface area contributed by atoms with E-state index in [1.807, 2.05) is 0 Å². The van der Waals surface area contributed by atoms with Crippen molar-refractivity contribution < 1.29 is 9.32 Å². The van der Waals surface area contributed by atoms with Crippen LogP contribution in [0.25, 0.3) is 0 Å². The Hall–Kier alpha value is -1.23. The standard InChI is InChI=1S/C9H13N3O2/c13-6-8-11-9(14-12-8)4-7-2-1-3-10-5-7/h6-7,10H,1-5H2. The van der Waals surface area contributed by atoms with Gasteiger partial charge < -0.3 is 9.84 Å². The van der Waals surface area contributed by atoms with E-state index in [4.69, 9.17) is 4.52 Å². The lowest BCUT2D eigenvalue weighted by atomic mass is 9.96. The van der Waals surface area contributed by atoms with Crippen molar-refractivity contribution in [2.75, 3.05) is 13.1 Å². The van der Waals surface area contributed by atoms with Gasteiger partial charge in [0.15, 0.2) is 6.29 Å². The molecular formula is C9H13N3O2. The Morgan fingerprint density at radius 1 is 1.64 bits per heavy atom. The maximum absolute atomic E-state index is 10.3. The first-order valence-electron chi connectivity index (χ1n) is 4.87. The average Bonchev–Trinajstić information content (AvgIpc) is 2.67. The molecule has 1 atom stereocenters. The Kier molecular flexibility index (Phi) is 2.88. The van der Waals surface area contributed by atoms with Gasteiger partial charge in [0.2, 0.25) is 11.7 Å². The van der Waals surface area contributed by atoms with E-state index in [9.17, 15) is 4.79 Å². The van der Waals surface area contributed by atoms with Crippen molar-refractivity contribution in [1.82, 2.24) is 15.5 Å². The van der Waals surface area contributed by atoms with Crippen LogP contribution < -0.4 is 5.32 Å². The highest BCUT2D eigenvalue weighted by Gasteiger charge is 2.16. The molecule has 76 valence electrons. The minimum atomic E-state index is 0.142. The number of nitrogens with one attached hydrogen (secondary N) is 1. The zero-order valence-corrected chi connectivity index (χ0v) is 7.90. The highest BCUT2D eigenvalue weighted by molar-refractivity contribution is 5.68. The molecule has 1 unspecified atom stereocenters. The fraction of sp³-hybridized carbons (Fsp3) is 0.667. The van der Waals surface area contributed by atoms with Gasteiger partial charge in [0.25, 0.3) is 0 Å². The lowest BCUT2D eigenvalue weighted by Gasteiger charge is -2.20. The highest BCUT2D eigenvalue weighted by atomic mass is 16.5. The quantitative estimate of drug-likeness (QED) is 0.708. The SMILES string of the molecule is O=Cc1noc(CC2CCCNC2)n1. The molecule has 0 bridgehead atoms. The van der Waals surface area contributed by atoms with Crippen molar-refractivity contribution in [1.29, 1.82) is 0 Å². The average molecular weight is 195 g/mol. The van der Waals surface area contributed by atoms with Gasteiger partial charge in [0.1, 0.15) is 0 Å². The summed E-state index contributed by atoms with van der Waals surface area (Å²) in [6, 6.07) is 0. The van der Waals surface area contributed by atoms with Gasteiger partial charge in [-0.25, -0.2) is 0 Å². The number of carbonyl (C=O) groups is 1. The first-order chi connectivity index (χ1) is 6.88. The van der Waals surface area contributed by atoms with Crippen LogP contribution >= 0.6 is 0 Å². The predicted octanol–water partition coefficient (Wildman–Crippen LogP) is 0.424. The summed E-state index contributed by atoms with van der Waals surface area (Å²) in [7, 11) is 0. The molecule has 1 saturated heterocycles. The number of nitrogens with zero attached hydrogens (tertiary/aromatic N) is 2. The lowest BCUT2D eigenvalue weighted by Crippen LogP contribution is -2.30. The molecule has 1 fully saturated rings. The van der Waals surface area contributed by atoms with Crippen molar-refractivity contribution in [2.24, 2.45) is 5.92 Å². The molecule has 0 spiro atoms. The highest BCUT2D eigenvalue weighted by Crippen LogP contribution is 2.14.